The minimum Gasteiger partial charge on any atom is -0.310 e. The molecule has 5 aliphatic carbocycles. The predicted octanol–water partition coefficient (Wildman–Crippen LogP) is 14.6. The van der Waals surface area contributed by atoms with Crippen LogP contribution < -0.4 is 4.90 Å². The average Bonchev–Trinajstić information content (AvgIpc) is 3.65. The first-order valence-corrected chi connectivity index (χ1v) is 21.1. The lowest BCUT2D eigenvalue weighted by molar-refractivity contribution is 0.0492. The van der Waals surface area contributed by atoms with E-state index in [1.165, 1.54) is 127 Å². The van der Waals surface area contributed by atoms with Crippen molar-refractivity contribution < 1.29 is 0 Å². The highest BCUT2D eigenvalue weighted by Crippen LogP contribution is 2.66. The molecule has 0 N–H and O–H groups in total. The molecule has 2 bridgehead atoms. The summed E-state index contributed by atoms with van der Waals surface area (Å²) in [6, 6.07) is 54.1. The molecule has 2 atom stereocenters. The van der Waals surface area contributed by atoms with E-state index in [0.717, 1.165) is 17.8 Å². The molecule has 3 fully saturated rings. The molecule has 2 unspecified atom stereocenters. The maximum absolute atomic E-state index is 2.59. The van der Waals surface area contributed by atoms with E-state index < -0.39 is 0 Å². The summed E-state index contributed by atoms with van der Waals surface area (Å²) in [5, 5.41) is 0. The van der Waals surface area contributed by atoms with Crippen molar-refractivity contribution >= 4 is 17.1 Å². The number of benzene rings is 6. The Morgan fingerprint density at radius 2 is 1.09 bits per heavy atom. The van der Waals surface area contributed by atoms with Crippen LogP contribution in [-0.4, -0.2) is 0 Å². The molecule has 0 amide bonds. The fourth-order valence-corrected chi connectivity index (χ4v) is 12.8. The molecule has 1 heteroatoms. The number of hydrogen-bond acceptors (Lipinski definition) is 1. The summed E-state index contributed by atoms with van der Waals surface area (Å²) in [5.41, 5.74) is 18.6. The molecule has 0 saturated heterocycles. The van der Waals surface area contributed by atoms with E-state index in [4.69, 9.17) is 0 Å². The normalized spacial score (nSPS) is 24.1. The third kappa shape index (κ3) is 4.63. The summed E-state index contributed by atoms with van der Waals surface area (Å²) in [6.45, 7) is 2.43. The first kappa shape index (κ1) is 32.5. The van der Waals surface area contributed by atoms with E-state index in [-0.39, 0.29) is 10.8 Å². The van der Waals surface area contributed by atoms with Crippen LogP contribution >= 0.6 is 0 Å². The molecule has 0 radical (unpaired) electrons. The van der Waals surface area contributed by atoms with Gasteiger partial charge in [-0.2, -0.15) is 0 Å². The van der Waals surface area contributed by atoms with Crippen molar-refractivity contribution in [3.05, 3.63) is 162 Å². The molecule has 11 rings (SSSR count). The molecule has 5 aliphatic rings. The standard InChI is InChI=1S/C53H51N/c1-2-36-31-39-18-14-19-40(32-36)53(39)49-24-10-8-22-45(49)47-34-42(26-28-50(47)53)54(41-20-13-17-38(33-41)37-15-5-3-6-16-37)43-25-27-46-44-21-7-9-23-48(44)52(51(46)35-43)29-11-4-12-30-52/h3,5-10,13,15-17,20-28,33-36,39-40H,2,4,11-12,14,18-19,29-32H2,1H3. The number of fused-ring (bicyclic) bond motifs is 8. The van der Waals surface area contributed by atoms with Gasteiger partial charge in [-0.1, -0.05) is 142 Å². The average molecular weight is 702 g/mol. The minimum atomic E-state index is 0.107. The fraction of sp³-hybridized carbons (Fsp3) is 0.321. The smallest absolute Gasteiger partial charge is 0.0468 e. The van der Waals surface area contributed by atoms with Crippen molar-refractivity contribution in [3.8, 4) is 33.4 Å². The number of rotatable bonds is 5. The van der Waals surface area contributed by atoms with Gasteiger partial charge in [0.2, 0.25) is 0 Å². The van der Waals surface area contributed by atoms with E-state index in [0.29, 0.717) is 0 Å². The monoisotopic (exact) mass is 701 g/mol. The quantitative estimate of drug-likeness (QED) is 0.173. The van der Waals surface area contributed by atoms with Gasteiger partial charge in [0, 0.05) is 27.9 Å². The fourth-order valence-electron chi connectivity index (χ4n) is 12.8. The minimum absolute atomic E-state index is 0.107. The van der Waals surface area contributed by atoms with Gasteiger partial charge in [-0.3, -0.25) is 0 Å². The maximum Gasteiger partial charge on any atom is 0.0468 e. The summed E-state index contributed by atoms with van der Waals surface area (Å²) in [6.07, 6.45) is 14.6. The molecular weight excluding hydrogens is 651 g/mol. The van der Waals surface area contributed by atoms with Crippen LogP contribution in [0, 0.1) is 17.8 Å². The van der Waals surface area contributed by atoms with Gasteiger partial charge in [0.25, 0.3) is 0 Å². The van der Waals surface area contributed by atoms with Crippen LogP contribution in [0.2, 0.25) is 0 Å². The van der Waals surface area contributed by atoms with Gasteiger partial charge >= 0.3 is 0 Å². The lowest BCUT2D eigenvalue weighted by Gasteiger charge is -2.55. The van der Waals surface area contributed by atoms with Gasteiger partial charge in [-0.15, -0.1) is 0 Å². The van der Waals surface area contributed by atoms with Gasteiger partial charge in [0.05, 0.1) is 0 Å². The van der Waals surface area contributed by atoms with Crippen LogP contribution in [0.5, 0.6) is 0 Å². The van der Waals surface area contributed by atoms with Gasteiger partial charge in [0.15, 0.2) is 0 Å². The van der Waals surface area contributed by atoms with Crippen LogP contribution in [0.1, 0.15) is 99.8 Å². The lowest BCUT2D eigenvalue weighted by Crippen LogP contribution is -2.49. The van der Waals surface area contributed by atoms with E-state index in [1.807, 2.05) is 0 Å². The SMILES string of the molecule is CCC1CC2CCCC(C1)C21c2ccccc2-c2cc(N(c3cccc(-c4ccccc4)c3)c3ccc4c(c3)C3(CCCCC3)c3ccccc3-4)ccc21. The molecule has 2 spiro atoms. The van der Waals surface area contributed by atoms with Gasteiger partial charge in [-0.25, -0.2) is 0 Å². The summed E-state index contributed by atoms with van der Waals surface area (Å²) in [5.74, 6) is 2.32. The third-order valence-electron chi connectivity index (χ3n) is 15.0. The Kier molecular flexibility index (Phi) is 7.59. The Bertz CT molecular complexity index is 2360. The zero-order valence-corrected chi connectivity index (χ0v) is 31.7. The van der Waals surface area contributed by atoms with Crippen LogP contribution in [0.3, 0.4) is 0 Å². The first-order valence-electron chi connectivity index (χ1n) is 21.1. The van der Waals surface area contributed by atoms with Crippen molar-refractivity contribution in [2.45, 2.75) is 88.4 Å². The second-order valence-electron chi connectivity index (χ2n) is 17.4. The van der Waals surface area contributed by atoms with E-state index in [2.05, 4.69) is 151 Å². The summed E-state index contributed by atoms with van der Waals surface area (Å²) in [7, 11) is 0. The molecule has 6 aromatic rings. The van der Waals surface area contributed by atoms with Crippen LogP contribution in [0.15, 0.2) is 140 Å². The molecule has 6 aromatic carbocycles. The van der Waals surface area contributed by atoms with Crippen molar-refractivity contribution in [1.29, 1.82) is 0 Å². The Morgan fingerprint density at radius 3 is 1.87 bits per heavy atom. The Hall–Kier alpha value is -4.88. The second-order valence-corrected chi connectivity index (χ2v) is 17.4. The van der Waals surface area contributed by atoms with E-state index in [9.17, 15) is 0 Å². The van der Waals surface area contributed by atoms with E-state index in [1.54, 1.807) is 16.7 Å². The third-order valence-corrected chi connectivity index (χ3v) is 15.0. The van der Waals surface area contributed by atoms with Crippen LogP contribution in [0.25, 0.3) is 33.4 Å². The van der Waals surface area contributed by atoms with Crippen LogP contribution in [-0.2, 0) is 10.8 Å². The van der Waals surface area contributed by atoms with Crippen molar-refractivity contribution in [3.63, 3.8) is 0 Å². The Balaban J connectivity index is 1.11. The molecular formula is C53H51N. The lowest BCUT2D eigenvalue weighted by atomic mass is 9.49. The summed E-state index contributed by atoms with van der Waals surface area (Å²) < 4.78 is 0. The Morgan fingerprint density at radius 1 is 0.481 bits per heavy atom. The molecule has 0 heterocycles. The summed E-state index contributed by atoms with van der Waals surface area (Å²) in [4.78, 5) is 2.58. The topological polar surface area (TPSA) is 3.24 Å². The molecule has 268 valence electrons. The van der Waals surface area contributed by atoms with Gasteiger partial charge in [0.1, 0.15) is 0 Å². The largest absolute Gasteiger partial charge is 0.310 e. The van der Waals surface area contributed by atoms with Crippen molar-refractivity contribution in [1.82, 2.24) is 0 Å². The highest BCUT2D eigenvalue weighted by atomic mass is 15.1. The molecule has 0 aromatic heterocycles. The molecule has 54 heavy (non-hydrogen) atoms. The second kappa shape index (κ2) is 12.6. The number of hydrogen-bond donors (Lipinski definition) is 0. The van der Waals surface area contributed by atoms with Gasteiger partial charge in [-0.05, 0) is 148 Å². The zero-order chi connectivity index (χ0) is 35.9. The number of nitrogens with zero attached hydrogens (tertiary/aromatic N) is 1. The summed E-state index contributed by atoms with van der Waals surface area (Å²) >= 11 is 0. The molecule has 0 aliphatic heterocycles. The highest BCUT2D eigenvalue weighted by Gasteiger charge is 2.57. The van der Waals surface area contributed by atoms with Crippen LogP contribution in [0.4, 0.5) is 17.1 Å². The Labute approximate surface area is 322 Å². The predicted molar refractivity (Wildman–Crippen MR) is 226 cm³/mol. The first-order chi connectivity index (χ1) is 26.7. The van der Waals surface area contributed by atoms with E-state index >= 15 is 0 Å². The highest BCUT2D eigenvalue weighted by molar-refractivity contribution is 5.90. The molecule has 3 saturated carbocycles. The zero-order valence-electron chi connectivity index (χ0n) is 31.7. The van der Waals surface area contributed by atoms with Crippen molar-refractivity contribution in [2.24, 2.45) is 17.8 Å². The molecule has 1 nitrogen and oxygen atoms in total. The van der Waals surface area contributed by atoms with Gasteiger partial charge < -0.3 is 4.90 Å². The number of anilines is 3. The maximum atomic E-state index is 2.59. The van der Waals surface area contributed by atoms with Crippen molar-refractivity contribution in [2.75, 3.05) is 4.90 Å².